The molecule has 0 saturated carbocycles. The zero-order chi connectivity index (χ0) is 23.4. The van der Waals surface area contributed by atoms with Gasteiger partial charge in [0.25, 0.3) is 0 Å². The van der Waals surface area contributed by atoms with Crippen molar-refractivity contribution in [2.45, 2.75) is 46.1 Å². The van der Waals surface area contributed by atoms with E-state index in [1.54, 1.807) is 11.8 Å². The fourth-order valence-electron chi connectivity index (χ4n) is 4.36. The Balaban J connectivity index is 1.88. The Morgan fingerprint density at radius 3 is 2.48 bits per heavy atom. The van der Waals surface area contributed by atoms with E-state index < -0.39 is 17.9 Å². The summed E-state index contributed by atoms with van der Waals surface area (Å²) in [4.78, 5) is 33.3. The summed E-state index contributed by atoms with van der Waals surface area (Å²) in [6.07, 6.45) is 2.66. The third-order valence-electron chi connectivity index (χ3n) is 5.91. The molecule has 1 aliphatic rings. The van der Waals surface area contributed by atoms with E-state index in [2.05, 4.69) is 13.8 Å². The van der Waals surface area contributed by atoms with Crippen LogP contribution in [0, 0.1) is 5.92 Å². The summed E-state index contributed by atoms with van der Waals surface area (Å²) in [5, 5.41) is 0. The first-order valence-electron chi connectivity index (χ1n) is 11.8. The van der Waals surface area contributed by atoms with Crippen LogP contribution in [0.15, 0.2) is 48.5 Å². The van der Waals surface area contributed by atoms with Crippen LogP contribution in [0.3, 0.4) is 0 Å². The summed E-state index contributed by atoms with van der Waals surface area (Å²) >= 11 is 0. The first kappa shape index (κ1) is 22.8. The van der Waals surface area contributed by atoms with Crippen LogP contribution in [0.2, 0.25) is 0 Å². The van der Waals surface area contributed by atoms with E-state index in [-0.39, 0.29) is 12.5 Å². The molecule has 1 aliphatic heterocycles. The molecule has 1 aromatic heterocycles. The van der Waals surface area contributed by atoms with Gasteiger partial charge >= 0.3 is 5.97 Å². The molecule has 2 heterocycles. The van der Waals surface area contributed by atoms with Gasteiger partial charge in [-0.1, -0.05) is 44.5 Å². The van der Waals surface area contributed by atoms with Crippen LogP contribution in [0.1, 0.15) is 51.6 Å². The number of carbonyl (C=O) groups excluding carboxylic acids is 2. The molecule has 0 N–H and O–H groups in total. The number of esters is 1. The summed E-state index contributed by atoms with van der Waals surface area (Å²) in [7, 11) is 0. The number of aromatic nitrogens is 2. The Kier molecular flexibility index (Phi) is 6.96. The maximum absolute atomic E-state index is 13.7. The number of fused-ring (bicyclic) bond motifs is 3. The van der Waals surface area contributed by atoms with Crippen molar-refractivity contribution < 1.29 is 19.1 Å². The molecule has 2 atom stereocenters. The van der Waals surface area contributed by atoms with Crippen LogP contribution < -0.4 is 9.64 Å². The first-order chi connectivity index (χ1) is 16.1. The maximum Gasteiger partial charge on any atom is 0.321 e. The van der Waals surface area contributed by atoms with Crippen LogP contribution in [-0.4, -0.2) is 41.2 Å². The topological polar surface area (TPSA) is 73.7 Å². The Morgan fingerprint density at radius 1 is 1.03 bits per heavy atom. The highest BCUT2D eigenvalue weighted by Gasteiger charge is 2.47. The molecule has 0 radical (unpaired) electrons. The Bertz CT molecular complexity index is 1120. The van der Waals surface area contributed by atoms with Crippen molar-refractivity contribution in [3.05, 3.63) is 54.1 Å². The van der Waals surface area contributed by atoms with E-state index in [0.717, 1.165) is 41.6 Å². The molecule has 33 heavy (non-hydrogen) atoms. The van der Waals surface area contributed by atoms with E-state index in [1.807, 2.05) is 53.1 Å². The van der Waals surface area contributed by atoms with Crippen molar-refractivity contribution in [2.75, 3.05) is 24.7 Å². The molecule has 2 aromatic carbocycles. The number of para-hydroxylation sites is 2. The number of benzene rings is 2. The number of hydrogen-bond acceptors (Lipinski definition) is 5. The summed E-state index contributed by atoms with van der Waals surface area (Å²) in [5.74, 6) is -0.429. The predicted octanol–water partition coefficient (Wildman–Crippen LogP) is 4.74. The second kappa shape index (κ2) is 10.1. The van der Waals surface area contributed by atoms with E-state index in [0.29, 0.717) is 19.1 Å². The fraction of sp³-hybridized carbons (Fsp3) is 0.423. The highest BCUT2D eigenvalue weighted by Crippen LogP contribution is 2.41. The largest absolute Gasteiger partial charge is 0.494 e. The highest BCUT2D eigenvalue weighted by molar-refractivity contribution is 6.08. The molecule has 1 amide bonds. The average molecular weight is 450 g/mol. The van der Waals surface area contributed by atoms with Crippen molar-refractivity contribution in [1.29, 1.82) is 0 Å². The second-order valence-electron chi connectivity index (χ2n) is 8.21. The number of hydrogen-bond donors (Lipinski definition) is 0. The van der Waals surface area contributed by atoms with Crippen molar-refractivity contribution >= 4 is 28.9 Å². The number of nitrogens with zero attached hydrogens (tertiary/aromatic N) is 3. The van der Waals surface area contributed by atoms with E-state index >= 15 is 0 Å². The highest BCUT2D eigenvalue weighted by atomic mass is 16.5. The summed E-state index contributed by atoms with van der Waals surface area (Å²) in [6.45, 7) is 7.24. The lowest BCUT2D eigenvalue weighted by atomic mass is 9.89. The molecule has 0 spiro atoms. The Hall–Kier alpha value is -3.35. The SMILES string of the molecule is CCCCN1C(=O)C(C(=O)OCC)C(c2ccc(OCCC)cc2)n2c1nc1ccccc12. The molecule has 0 saturated heterocycles. The van der Waals surface area contributed by atoms with Gasteiger partial charge in [-0.05, 0) is 49.6 Å². The Labute approximate surface area is 194 Å². The van der Waals surface area contributed by atoms with E-state index in [9.17, 15) is 9.59 Å². The van der Waals surface area contributed by atoms with Gasteiger partial charge in [0.2, 0.25) is 11.9 Å². The van der Waals surface area contributed by atoms with Gasteiger partial charge in [0.05, 0.1) is 30.3 Å². The van der Waals surface area contributed by atoms with Crippen molar-refractivity contribution in [2.24, 2.45) is 5.92 Å². The normalized spacial score (nSPS) is 17.8. The zero-order valence-electron chi connectivity index (χ0n) is 19.5. The van der Waals surface area contributed by atoms with Gasteiger partial charge in [-0.3, -0.25) is 14.5 Å². The standard InChI is InChI=1S/C26H31N3O4/c1-4-7-16-28-24(30)22(25(31)32-6-3)23(18-12-14-19(15-13-18)33-17-5-2)29-21-11-9-8-10-20(21)27-26(28)29/h8-15,22-23H,4-7,16-17H2,1-3H3. The smallest absolute Gasteiger partial charge is 0.321 e. The van der Waals surface area contributed by atoms with E-state index in [1.165, 1.54) is 0 Å². The number of carbonyl (C=O) groups is 2. The molecule has 0 aliphatic carbocycles. The van der Waals surface area contributed by atoms with Gasteiger partial charge in [0.1, 0.15) is 5.75 Å². The average Bonchev–Trinajstić information content (AvgIpc) is 3.21. The lowest BCUT2D eigenvalue weighted by Gasteiger charge is -2.38. The maximum atomic E-state index is 13.7. The van der Waals surface area contributed by atoms with Crippen molar-refractivity contribution in [3.8, 4) is 5.75 Å². The molecule has 4 rings (SSSR count). The van der Waals surface area contributed by atoms with Crippen LogP contribution in [0.5, 0.6) is 5.75 Å². The quantitative estimate of drug-likeness (QED) is 0.348. The molecule has 0 fully saturated rings. The number of imidazole rings is 1. The van der Waals surface area contributed by atoms with Gasteiger partial charge in [-0.25, -0.2) is 4.98 Å². The number of anilines is 1. The summed E-state index contributed by atoms with van der Waals surface area (Å²) in [6, 6.07) is 14.9. The minimum atomic E-state index is -0.991. The van der Waals surface area contributed by atoms with Crippen LogP contribution in [0.25, 0.3) is 11.0 Å². The van der Waals surface area contributed by atoms with Gasteiger partial charge in [0, 0.05) is 6.54 Å². The first-order valence-corrected chi connectivity index (χ1v) is 11.8. The van der Waals surface area contributed by atoms with Gasteiger partial charge in [-0.2, -0.15) is 0 Å². The molecule has 174 valence electrons. The number of rotatable bonds is 9. The molecule has 7 nitrogen and oxygen atoms in total. The minimum absolute atomic E-state index is 0.214. The van der Waals surface area contributed by atoms with Crippen LogP contribution in [0.4, 0.5) is 5.95 Å². The molecule has 3 aromatic rings. The van der Waals surface area contributed by atoms with E-state index in [4.69, 9.17) is 14.5 Å². The third-order valence-corrected chi connectivity index (χ3v) is 5.91. The number of unbranched alkanes of at least 4 members (excludes halogenated alkanes) is 1. The predicted molar refractivity (Wildman–Crippen MR) is 127 cm³/mol. The van der Waals surface area contributed by atoms with Gasteiger partial charge in [0.15, 0.2) is 5.92 Å². The van der Waals surface area contributed by atoms with Crippen molar-refractivity contribution in [3.63, 3.8) is 0 Å². The fourth-order valence-corrected chi connectivity index (χ4v) is 4.36. The zero-order valence-corrected chi connectivity index (χ0v) is 19.5. The second-order valence-corrected chi connectivity index (χ2v) is 8.21. The molecular formula is C26H31N3O4. The number of ether oxygens (including phenoxy) is 2. The van der Waals surface area contributed by atoms with Crippen molar-refractivity contribution in [1.82, 2.24) is 9.55 Å². The Morgan fingerprint density at radius 2 is 1.79 bits per heavy atom. The molecular weight excluding hydrogens is 418 g/mol. The molecule has 7 heteroatoms. The monoisotopic (exact) mass is 449 g/mol. The van der Waals surface area contributed by atoms with Gasteiger partial charge in [-0.15, -0.1) is 0 Å². The molecule has 0 bridgehead atoms. The summed E-state index contributed by atoms with van der Waals surface area (Å²) < 4.78 is 13.1. The van der Waals surface area contributed by atoms with Gasteiger partial charge < -0.3 is 14.0 Å². The lowest BCUT2D eigenvalue weighted by Crippen LogP contribution is -2.50. The number of amides is 1. The van der Waals surface area contributed by atoms with Crippen LogP contribution in [-0.2, 0) is 14.3 Å². The third kappa shape index (κ3) is 4.32. The lowest BCUT2D eigenvalue weighted by molar-refractivity contribution is -0.153. The summed E-state index contributed by atoms with van der Waals surface area (Å²) in [5.41, 5.74) is 2.51. The molecule has 2 unspecified atom stereocenters. The van der Waals surface area contributed by atoms with Crippen LogP contribution >= 0.6 is 0 Å². The minimum Gasteiger partial charge on any atom is -0.494 e.